The number of halogens is 1. The Morgan fingerprint density at radius 2 is 2.26 bits per heavy atom. The summed E-state index contributed by atoms with van der Waals surface area (Å²) in [6.45, 7) is 5.77. The van der Waals surface area contributed by atoms with Crippen molar-refractivity contribution in [3.63, 3.8) is 0 Å². The first-order valence-electron chi connectivity index (χ1n) is 7.77. The van der Waals surface area contributed by atoms with Crippen LogP contribution in [-0.2, 0) is 11.3 Å². The van der Waals surface area contributed by atoms with E-state index in [0.29, 0.717) is 6.42 Å². The van der Waals surface area contributed by atoms with Crippen molar-refractivity contribution in [2.45, 2.75) is 39.3 Å². The van der Waals surface area contributed by atoms with Gasteiger partial charge in [-0.1, -0.05) is 12.1 Å². The normalized spacial score (nSPS) is 15.6. The molecule has 1 aliphatic heterocycles. The molecule has 1 aliphatic rings. The van der Waals surface area contributed by atoms with Crippen LogP contribution in [0.15, 0.2) is 30.5 Å². The standard InChI is InChI=1S/C17H22N4O.ClH/c1-12(18-10-15-11-19-20-13(15)2)14-5-3-6-16(9-14)21-8-4-7-17(21)22;/h3,5-6,9,11-12,18H,4,7-8,10H2,1-2H3,(H,19,20);1H. The van der Waals surface area contributed by atoms with Gasteiger partial charge in [0.05, 0.1) is 6.20 Å². The minimum Gasteiger partial charge on any atom is -0.312 e. The minimum absolute atomic E-state index is 0. The lowest BCUT2D eigenvalue weighted by atomic mass is 10.1. The second kappa shape index (κ2) is 7.62. The van der Waals surface area contributed by atoms with E-state index in [9.17, 15) is 4.79 Å². The first kappa shape index (κ1) is 17.5. The molecule has 6 heteroatoms. The van der Waals surface area contributed by atoms with Gasteiger partial charge in [0.1, 0.15) is 0 Å². The number of hydrogen-bond acceptors (Lipinski definition) is 3. The number of anilines is 1. The van der Waals surface area contributed by atoms with Gasteiger partial charge in [0.25, 0.3) is 0 Å². The van der Waals surface area contributed by atoms with Gasteiger partial charge in [0, 0.05) is 42.5 Å². The van der Waals surface area contributed by atoms with Gasteiger partial charge >= 0.3 is 0 Å². The SMILES string of the molecule is Cc1[nH]ncc1CNC(C)c1cccc(N2CCCC2=O)c1.Cl. The second-order valence-corrected chi connectivity index (χ2v) is 5.87. The topological polar surface area (TPSA) is 61.0 Å². The van der Waals surface area contributed by atoms with E-state index in [1.54, 1.807) is 0 Å². The fraction of sp³-hybridized carbons (Fsp3) is 0.412. The van der Waals surface area contributed by atoms with Crippen LogP contribution in [0.2, 0.25) is 0 Å². The molecule has 0 bridgehead atoms. The fourth-order valence-electron chi connectivity index (χ4n) is 2.82. The Morgan fingerprint density at radius 3 is 2.91 bits per heavy atom. The maximum atomic E-state index is 11.9. The van der Waals surface area contributed by atoms with Crippen molar-refractivity contribution in [2.75, 3.05) is 11.4 Å². The van der Waals surface area contributed by atoms with Gasteiger partial charge in [-0.05, 0) is 38.0 Å². The van der Waals surface area contributed by atoms with Gasteiger partial charge in [0.15, 0.2) is 0 Å². The second-order valence-electron chi connectivity index (χ2n) is 5.87. The van der Waals surface area contributed by atoms with Crippen molar-refractivity contribution >= 4 is 24.0 Å². The summed E-state index contributed by atoms with van der Waals surface area (Å²) >= 11 is 0. The summed E-state index contributed by atoms with van der Waals surface area (Å²) in [4.78, 5) is 13.8. The predicted molar refractivity (Wildman–Crippen MR) is 93.9 cm³/mol. The number of aromatic nitrogens is 2. The summed E-state index contributed by atoms with van der Waals surface area (Å²) in [5.41, 5.74) is 4.47. The lowest BCUT2D eigenvalue weighted by Crippen LogP contribution is -2.24. The summed E-state index contributed by atoms with van der Waals surface area (Å²) in [5.74, 6) is 0.229. The summed E-state index contributed by atoms with van der Waals surface area (Å²) in [6, 6.07) is 8.47. The Balaban J connectivity index is 0.00000192. The number of carbonyl (C=O) groups excluding carboxylic acids is 1. The number of hydrogen-bond donors (Lipinski definition) is 2. The lowest BCUT2D eigenvalue weighted by Gasteiger charge is -2.19. The van der Waals surface area contributed by atoms with E-state index in [-0.39, 0.29) is 24.4 Å². The molecule has 0 radical (unpaired) electrons. The first-order valence-corrected chi connectivity index (χ1v) is 7.77. The number of benzene rings is 1. The highest BCUT2D eigenvalue weighted by molar-refractivity contribution is 5.95. The molecule has 2 N–H and O–H groups in total. The number of aryl methyl sites for hydroxylation is 1. The fourth-order valence-corrected chi connectivity index (χ4v) is 2.82. The highest BCUT2D eigenvalue weighted by Crippen LogP contribution is 2.24. The molecule has 5 nitrogen and oxygen atoms in total. The zero-order chi connectivity index (χ0) is 15.5. The molecule has 0 aliphatic carbocycles. The van der Waals surface area contributed by atoms with Crippen LogP contribution in [0.3, 0.4) is 0 Å². The maximum absolute atomic E-state index is 11.9. The average molecular weight is 335 g/mol. The molecule has 124 valence electrons. The van der Waals surface area contributed by atoms with E-state index in [1.807, 2.05) is 30.2 Å². The molecule has 1 atom stereocenters. The quantitative estimate of drug-likeness (QED) is 0.883. The average Bonchev–Trinajstić information content (AvgIpc) is 3.13. The third-order valence-corrected chi connectivity index (χ3v) is 4.29. The summed E-state index contributed by atoms with van der Waals surface area (Å²) in [5, 5.41) is 10.5. The molecule has 0 spiro atoms. The van der Waals surface area contributed by atoms with Gasteiger partial charge in [-0.2, -0.15) is 5.10 Å². The number of carbonyl (C=O) groups is 1. The number of amides is 1. The highest BCUT2D eigenvalue weighted by Gasteiger charge is 2.22. The summed E-state index contributed by atoms with van der Waals surface area (Å²) in [7, 11) is 0. The van der Waals surface area contributed by atoms with Crippen LogP contribution >= 0.6 is 12.4 Å². The zero-order valence-electron chi connectivity index (χ0n) is 13.5. The van der Waals surface area contributed by atoms with E-state index in [0.717, 1.165) is 30.9 Å². The number of rotatable bonds is 5. The smallest absolute Gasteiger partial charge is 0.227 e. The van der Waals surface area contributed by atoms with Crippen molar-refractivity contribution in [2.24, 2.45) is 0 Å². The highest BCUT2D eigenvalue weighted by atomic mass is 35.5. The number of H-pyrrole nitrogens is 1. The Labute approximate surface area is 142 Å². The Hall–Kier alpha value is -1.85. The van der Waals surface area contributed by atoms with Crippen molar-refractivity contribution in [3.8, 4) is 0 Å². The van der Waals surface area contributed by atoms with Crippen LogP contribution in [0, 0.1) is 6.92 Å². The minimum atomic E-state index is 0. The Bertz CT molecular complexity index is 670. The Morgan fingerprint density at radius 1 is 1.43 bits per heavy atom. The number of aromatic amines is 1. The molecule has 1 aromatic carbocycles. The molecular formula is C17H23ClN4O. The molecule has 1 unspecified atom stereocenters. The third-order valence-electron chi connectivity index (χ3n) is 4.29. The largest absolute Gasteiger partial charge is 0.312 e. The van der Waals surface area contributed by atoms with Gasteiger partial charge in [-0.25, -0.2) is 0 Å². The molecule has 1 saturated heterocycles. The number of nitrogens with zero attached hydrogens (tertiary/aromatic N) is 2. The van der Waals surface area contributed by atoms with Gasteiger partial charge in [-0.15, -0.1) is 12.4 Å². The van der Waals surface area contributed by atoms with E-state index < -0.39 is 0 Å². The molecule has 2 heterocycles. The molecule has 3 rings (SSSR count). The van der Waals surface area contributed by atoms with E-state index >= 15 is 0 Å². The van der Waals surface area contributed by atoms with Crippen LogP contribution in [0.1, 0.15) is 42.6 Å². The van der Waals surface area contributed by atoms with Crippen molar-refractivity contribution in [1.29, 1.82) is 0 Å². The molecule has 0 saturated carbocycles. The monoisotopic (exact) mass is 334 g/mol. The molecule has 1 fully saturated rings. The molecule has 1 amide bonds. The molecular weight excluding hydrogens is 312 g/mol. The predicted octanol–water partition coefficient (Wildman–Crippen LogP) is 3.12. The summed E-state index contributed by atoms with van der Waals surface area (Å²) in [6.07, 6.45) is 3.48. The van der Waals surface area contributed by atoms with E-state index in [1.165, 1.54) is 11.1 Å². The molecule has 2 aromatic rings. The third kappa shape index (κ3) is 3.92. The molecule has 23 heavy (non-hydrogen) atoms. The molecule has 1 aromatic heterocycles. The van der Waals surface area contributed by atoms with Crippen LogP contribution in [0.5, 0.6) is 0 Å². The van der Waals surface area contributed by atoms with Crippen LogP contribution in [0.25, 0.3) is 0 Å². The lowest BCUT2D eigenvalue weighted by molar-refractivity contribution is -0.117. The van der Waals surface area contributed by atoms with Crippen LogP contribution in [0.4, 0.5) is 5.69 Å². The van der Waals surface area contributed by atoms with Crippen molar-refractivity contribution in [1.82, 2.24) is 15.5 Å². The van der Waals surface area contributed by atoms with Crippen LogP contribution < -0.4 is 10.2 Å². The first-order chi connectivity index (χ1) is 10.6. The van der Waals surface area contributed by atoms with Gasteiger partial charge in [0.2, 0.25) is 5.91 Å². The summed E-state index contributed by atoms with van der Waals surface area (Å²) < 4.78 is 0. The van der Waals surface area contributed by atoms with E-state index in [2.05, 4.69) is 34.6 Å². The Kier molecular flexibility index (Phi) is 5.80. The van der Waals surface area contributed by atoms with Crippen molar-refractivity contribution in [3.05, 3.63) is 47.3 Å². The van der Waals surface area contributed by atoms with Gasteiger partial charge in [-0.3, -0.25) is 9.89 Å². The van der Waals surface area contributed by atoms with Crippen LogP contribution in [-0.4, -0.2) is 22.6 Å². The van der Waals surface area contributed by atoms with E-state index in [4.69, 9.17) is 0 Å². The number of nitrogens with one attached hydrogen (secondary N) is 2. The van der Waals surface area contributed by atoms with Crippen molar-refractivity contribution < 1.29 is 4.79 Å². The zero-order valence-corrected chi connectivity index (χ0v) is 14.3. The van der Waals surface area contributed by atoms with Gasteiger partial charge < -0.3 is 10.2 Å². The maximum Gasteiger partial charge on any atom is 0.227 e.